The van der Waals surface area contributed by atoms with Crippen molar-refractivity contribution < 1.29 is 14.0 Å². The van der Waals surface area contributed by atoms with Crippen molar-refractivity contribution in [2.75, 3.05) is 0 Å². The van der Waals surface area contributed by atoms with Crippen molar-refractivity contribution in [2.45, 2.75) is 26.5 Å². The van der Waals surface area contributed by atoms with Gasteiger partial charge in [0.25, 0.3) is 5.91 Å². The Morgan fingerprint density at radius 1 is 1.03 bits per heavy atom. The van der Waals surface area contributed by atoms with Crippen LogP contribution in [0.4, 0.5) is 4.39 Å². The molecule has 4 nitrogen and oxygen atoms in total. The van der Waals surface area contributed by atoms with Gasteiger partial charge in [0.2, 0.25) is 0 Å². The summed E-state index contributed by atoms with van der Waals surface area (Å²) in [5, 5.41) is 2.34. The van der Waals surface area contributed by atoms with Gasteiger partial charge in [0.05, 0.1) is 0 Å². The number of rotatable bonds is 7. The first kappa shape index (κ1) is 21.5. The fourth-order valence-corrected chi connectivity index (χ4v) is 3.87. The summed E-state index contributed by atoms with van der Waals surface area (Å²) in [4.78, 5) is 22.8. The summed E-state index contributed by atoms with van der Waals surface area (Å²) < 4.78 is 13.8. The highest BCUT2D eigenvalue weighted by Gasteiger charge is 2.32. The Balaban J connectivity index is 1.86. The Hall–Kier alpha value is -3.70. The second-order valence-electron chi connectivity index (χ2n) is 7.83. The predicted octanol–water partition coefficient (Wildman–Crippen LogP) is 6.24. The minimum absolute atomic E-state index is 0.207. The molecule has 4 aromatic rings. The molecular formula is C27H25FN2O2. The molecule has 1 N–H and O–H groups in total. The van der Waals surface area contributed by atoms with Gasteiger partial charge >= 0.3 is 0 Å². The molecule has 4 rings (SSSR count). The normalized spacial score (nSPS) is 12.0. The van der Waals surface area contributed by atoms with Crippen LogP contribution in [0.2, 0.25) is 0 Å². The van der Waals surface area contributed by atoms with E-state index in [0.717, 1.165) is 33.3 Å². The number of amides is 1. The lowest BCUT2D eigenvalue weighted by Gasteiger charge is -2.32. The quantitative estimate of drug-likeness (QED) is 0.280. The lowest BCUT2D eigenvalue weighted by Crippen LogP contribution is -2.36. The summed E-state index contributed by atoms with van der Waals surface area (Å²) in [7, 11) is 0. The van der Waals surface area contributed by atoms with Gasteiger partial charge in [-0.25, -0.2) is 9.45 Å². The molecule has 0 saturated heterocycles. The van der Waals surface area contributed by atoms with Crippen LogP contribution >= 0.6 is 0 Å². The summed E-state index contributed by atoms with van der Waals surface area (Å²) >= 11 is 0. The van der Waals surface area contributed by atoms with Crippen LogP contribution in [0.25, 0.3) is 10.9 Å². The predicted molar refractivity (Wildman–Crippen MR) is 124 cm³/mol. The third-order valence-electron chi connectivity index (χ3n) is 5.42. The van der Waals surface area contributed by atoms with E-state index in [0.29, 0.717) is 5.57 Å². The van der Waals surface area contributed by atoms with Crippen molar-refractivity contribution in [1.82, 2.24) is 10.0 Å². The van der Waals surface area contributed by atoms with Crippen molar-refractivity contribution in [3.63, 3.8) is 0 Å². The number of benzene rings is 3. The molecule has 0 fully saturated rings. The molecule has 0 saturated carbocycles. The second-order valence-corrected chi connectivity index (χ2v) is 7.83. The number of hydrogen-bond donors (Lipinski definition) is 1. The molecule has 0 aliphatic carbocycles. The molecule has 1 atom stereocenters. The van der Waals surface area contributed by atoms with E-state index in [4.69, 9.17) is 4.84 Å². The van der Waals surface area contributed by atoms with Crippen LogP contribution in [-0.4, -0.2) is 16.0 Å². The van der Waals surface area contributed by atoms with Gasteiger partial charge in [-0.1, -0.05) is 67.2 Å². The van der Waals surface area contributed by atoms with E-state index in [1.807, 2.05) is 61.5 Å². The molecule has 0 bridgehead atoms. The summed E-state index contributed by atoms with van der Waals surface area (Å²) in [6.45, 7) is 7.68. The van der Waals surface area contributed by atoms with Gasteiger partial charge in [0, 0.05) is 27.7 Å². The molecule has 3 aromatic carbocycles. The highest BCUT2D eigenvalue weighted by atomic mass is 19.1. The van der Waals surface area contributed by atoms with Crippen molar-refractivity contribution in [3.8, 4) is 0 Å². The lowest BCUT2D eigenvalue weighted by atomic mass is 9.95. The molecule has 0 spiro atoms. The van der Waals surface area contributed by atoms with Crippen molar-refractivity contribution >= 4 is 16.8 Å². The molecule has 1 amide bonds. The van der Waals surface area contributed by atoms with Gasteiger partial charge in [-0.3, -0.25) is 9.63 Å². The number of aromatic amines is 1. The fraction of sp³-hybridized carbons (Fsp3) is 0.148. The summed E-state index contributed by atoms with van der Waals surface area (Å²) in [5.41, 5.74) is 4.78. The highest BCUT2D eigenvalue weighted by molar-refractivity contribution is 5.93. The Bertz CT molecular complexity index is 1250. The molecular weight excluding hydrogens is 403 g/mol. The SMILES string of the molecule is C=C(C)C(=O)N(OCc1ccccc1)C(c1ccc(F)cc1)c1c(C)[nH]c2ccccc12. The monoisotopic (exact) mass is 428 g/mol. The second kappa shape index (κ2) is 9.20. The van der Waals surface area contributed by atoms with Crippen LogP contribution in [0, 0.1) is 12.7 Å². The van der Waals surface area contributed by atoms with E-state index in [-0.39, 0.29) is 18.3 Å². The van der Waals surface area contributed by atoms with Crippen molar-refractivity contribution in [3.05, 3.63) is 119 Å². The number of aryl methyl sites for hydroxylation is 1. The zero-order chi connectivity index (χ0) is 22.7. The number of hydroxylamine groups is 2. The van der Waals surface area contributed by atoms with E-state index < -0.39 is 6.04 Å². The van der Waals surface area contributed by atoms with Gasteiger partial charge in [0.15, 0.2) is 0 Å². The highest BCUT2D eigenvalue weighted by Crippen LogP contribution is 2.37. The molecule has 1 heterocycles. The number of para-hydroxylation sites is 1. The third-order valence-corrected chi connectivity index (χ3v) is 5.42. The van der Waals surface area contributed by atoms with Crippen molar-refractivity contribution in [2.24, 2.45) is 0 Å². The fourth-order valence-electron chi connectivity index (χ4n) is 3.87. The number of halogens is 1. The first-order valence-electron chi connectivity index (χ1n) is 10.4. The number of H-pyrrole nitrogens is 1. The van der Waals surface area contributed by atoms with E-state index in [1.54, 1.807) is 19.1 Å². The van der Waals surface area contributed by atoms with E-state index in [9.17, 15) is 9.18 Å². The van der Waals surface area contributed by atoms with Gasteiger partial charge in [0.1, 0.15) is 18.5 Å². The summed E-state index contributed by atoms with van der Waals surface area (Å²) in [6.07, 6.45) is 0. The Morgan fingerprint density at radius 3 is 2.38 bits per heavy atom. The molecule has 1 aromatic heterocycles. The first-order valence-corrected chi connectivity index (χ1v) is 10.4. The van der Waals surface area contributed by atoms with Crippen LogP contribution in [0.1, 0.15) is 35.3 Å². The molecule has 1 unspecified atom stereocenters. The van der Waals surface area contributed by atoms with Gasteiger partial charge in [-0.15, -0.1) is 0 Å². The minimum atomic E-state index is -0.598. The maximum atomic E-state index is 13.8. The smallest absolute Gasteiger partial charge is 0.273 e. The Morgan fingerprint density at radius 2 is 1.69 bits per heavy atom. The third kappa shape index (κ3) is 4.34. The average molecular weight is 429 g/mol. The molecule has 162 valence electrons. The van der Waals surface area contributed by atoms with E-state index in [1.165, 1.54) is 17.2 Å². The first-order chi connectivity index (χ1) is 15.5. The van der Waals surface area contributed by atoms with Crippen molar-refractivity contribution in [1.29, 1.82) is 0 Å². The minimum Gasteiger partial charge on any atom is -0.358 e. The Labute approximate surface area is 186 Å². The number of fused-ring (bicyclic) bond motifs is 1. The zero-order valence-corrected chi connectivity index (χ0v) is 18.1. The number of aromatic nitrogens is 1. The molecule has 0 aliphatic rings. The lowest BCUT2D eigenvalue weighted by molar-refractivity contribution is -0.198. The van der Waals surface area contributed by atoms with Gasteiger partial charge in [-0.2, -0.15) is 0 Å². The van der Waals surface area contributed by atoms with E-state index in [2.05, 4.69) is 11.6 Å². The van der Waals surface area contributed by atoms with Crippen LogP contribution in [-0.2, 0) is 16.2 Å². The number of hydrogen-bond acceptors (Lipinski definition) is 2. The largest absolute Gasteiger partial charge is 0.358 e. The van der Waals surface area contributed by atoms with Crippen LogP contribution in [0.15, 0.2) is 91.0 Å². The maximum absolute atomic E-state index is 13.8. The average Bonchev–Trinajstić information content (AvgIpc) is 3.13. The van der Waals surface area contributed by atoms with Gasteiger partial charge < -0.3 is 4.98 Å². The standard InChI is InChI=1S/C27H25FN2O2/c1-18(2)27(31)30(32-17-20-9-5-4-6-10-20)26(21-13-15-22(28)16-14-21)25-19(3)29-24-12-8-7-11-23(24)25/h4-16,26,29H,1,17H2,2-3H3. The number of carbonyl (C=O) groups is 1. The number of nitrogens with zero attached hydrogens (tertiary/aromatic N) is 1. The molecule has 0 aliphatic heterocycles. The summed E-state index contributed by atoms with van der Waals surface area (Å²) in [6, 6.07) is 23.1. The molecule has 0 radical (unpaired) electrons. The Kier molecular flexibility index (Phi) is 6.19. The number of nitrogens with one attached hydrogen (secondary N) is 1. The van der Waals surface area contributed by atoms with Gasteiger partial charge in [-0.05, 0) is 43.2 Å². The van der Waals surface area contributed by atoms with E-state index >= 15 is 0 Å². The molecule has 32 heavy (non-hydrogen) atoms. The maximum Gasteiger partial charge on any atom is 0.273 e. The van der Waals surface area contributed by atoms with Crippen LogP contribution in [0.3, 0.4) is 0 Å². The molecule has 5 heteroatoms. The number of carbonyl (C=O) groups excluding carboxylic acids is 1. The van der Waals surface area contributed by atoms with Crippen LogP contribution in [0.5, 0.6) is 0 Å². The zero-order valence-electron chi connectivity index (χ0n) is 18.1. The van der Waals surface area contributed by atoms with Crippen LogP contribution < -0.4 is 0 Å². The topological polar surface area (TPSA) is 45.3 Å². The summed E-state index contributed by atoms with van der Waals surface area (Å²) in [5.74, 6) is -0.675.